The number of carboxylic acid groups (broad SMARTS) is 1. The Morgan fingerprint density at radius 1 is 1.45 bits per heavy atom. The summed E-state index contributed by atoms with van der Waals surface area (Å²) >= 11 is 0. The first-order valence-electron chi connectivity index (χ1n) is 3.95. The Bertz CT molecular complexity index is 104. The van der Waals surface area contributed by atoms with Gasteiger partial charge in [-0.1, -0.05) is 26.7 Å². The molecule has 0 saturated heterocycles. The Morgan fingerprint density at radius 2 is 2.00 bits per heavy atom. The normalized spacial score (nSPS) is 11.8. The number of rotatable bonds is 5. The molecule has 0 aromatic heterocycles. The first-order valence-corrected chi connectivity index (χ1v) is 3.95. The van der Waals surface area contributed by atoms with Crippen molar-refractivity contribution in [3.63, 3.8) is 0 Å². The summed E-state index contributed by atoms with van der Waals surface area (Å²) in [5.74, 6) is -0.754. The van der Waals surface area contributed by atoms with Crippen molar-refractivity contribution in [3.05, 3.63) is 0 Å². The Kier molecular flexibility index (Phi) is 10.3. The molecule has 3 heteroatoms. The average molecular weight is 330 g/mol. The fourth-order valence-corrected chi connectivity index (χ4v) is 0.953. The molecule has 1 radical (unpaired) electrons. The summed E-state index contributed by atoms with van der Waals surface area (Å²) in [6.45, 7) is 4.00. The Balaban J connectivity index is 0. The molecule has 0 aromatic carbocycles. The number of aliphatic carboxylic acids is 1. The third kappa shape index (κ3) is 6.53. The summed E-state index contributed by atoms with van der Waals surface area (Å²) in [6, 6.07) is 0. The molecule has 11 heavy (non-hydrogen) atoms. The van der Waals surface area contributed by atoms with Crippen LogP contribution in [0, 0.1) is 5.92 Å². The van der Waals surface area contributed by atoms with Crippen LogP contribution in [0.4, 0.5) is 0 Å². The minimum absolute atomic E-state index is 0. The van der Waals surface area contributed by atoms with Crippen LogP contribution in [0.5, 0.6) is 0 Å². The van der Waals surface area contributed by atoms with Gasteiger partial charge in [0.25, 0.3) is 0 Å². The molecule has 0 fully saturated rings. The molecule has 0 aliphatic rings. The van der Waals surface area contributed by atoms with Crippen LogP contribution in [0.2, 0.25) is 0 Å². The van der Waals surface area contributed by atoms with Crippen molar-refractivity contribution in [1.82, 2.24) is 0 Å². The fourth-order valence-electron chi connectivity index (χ4n) is 0.953. The van der Waals surface area contributed by atoms with Crippen LogP contribution in [0.25, 0.3) is 0 Å². The van der Waals surface area contributed by atoms with E-state index in [1.807, 2.05) is 6.92 Å². The quantitative estimate of drug-likeness (QED) is 0.840. The number of hydrogen-bond donors (Lipinski definition) is 1. The van der Waals surface area contributed by atoms with Crippen LogP contribution in [0.1, 0.15) is 39.5 Å². The molecule has 0 aromatic rings. The standard InChI is InChI=1S/C8H16O2.Re/c1-3-5-6-7(4-2)8(9)10;/h7H,3-6H2,1-2H3,(H,9,10);. The van der Waals surface area contributed by atoms with Crippen LogP contribution in [-0.2, 0) is 25.2 Å². The fraction of sp³-hybridized carbons (Fsp3) is 0.875. The van der Waals surface area contributed by atoms with Gasteiger partial charge in [0, 0.05) is 20.4 Å². The number of carbonyl (C=O) groups is 1. The topological polar surface area (TPSA) is 37.3 Å². The van der Waals surface area contributed by atoms with Gasteiger partial charge in [0.05, 0.1) is 5.92 Å². The predicted octanol–water partition coefficient (Wildman–Crippen LogP) is 2.28. The maximum absolute atomic E-state index is 10.4. The van der Waals surface area contributed by atoms with Gasteiger partial charge in [-0.25, -0.2) is 0 Å². The Labute approximate surface area is 82.0 Å². The SMILES string of the molecule is CCCCC(CC)C(=O)O.[Re]. The van der Waals surface area contributed by atoms with E-state index in [0.29, 0.717) is 0 Å². The molecule has 0 heterocycles. The second-order valence-corrected chi connectivity index (χ2v) is 2.59. The molecule has 0 saturated carbocycles. The maximum Gasteiger partial charge on any atom is 0.306 e. The molecular formula is C8H16O2Re. The van der Waals surface area contributed by atoms with E-state index >= 15 is 0 Å². The van der Waals surface area contributed by atoms with Gasteiger partial charge < -0.3 is 5.11 Å². The molecule has 1 unspecified atom stereocenters. The first-order chi connectivity index (χ1) is 4.72. The van der Waals surface area contributed by atoms with E-state index in [4.69, 9.17) is 5.11 Å². The molecule has 2 nitrogen and oxygen atoms in total. The van der Waals surface area contributed by atoms with Crippen molar-refractivity contribution in [3.8, 4) is 0 Å². The first kappa shape index (κ1) is 13.7. The zero-order valence-corrected chi connectivity index (χ0v) is 9.86. The van der Waals surface area contributed by atoms with Crippen molar-refractivity contribution in [2.75, 3.05) is 0 Å². The van der Waals surface area contributed by atoms with Crippen LogP contribution in [0.3, 0.4) is 0 Å². The molecule has 0 amide bonds. The van der Waals surface area contributed by atoms with Crippen molar-refractivity contribution >= 4 is 5.97 Å². The van der Waals surface area contributed by atoms with Crippen molar-refractivity contribution in [2.45, 2.75) is 39.5 Å². The van der Waals surface area contributed by atoms with Gasteiger partial charge in [0.2, 0.25) is 0 Å². The third-order valence-corrected chi connectivity index (χ3v) is 1.75. The van der Waals surface area contributed by atoms with Gasteiger partial charge in [0.15, 0.2) is 0 Å². The minimum atomic E-state index is -0.643. The summed E-state index contributed by atoms with van der Waals surface area (Å²) in [7, 11) is 0. The molecule has 1 N–H and O–H groups in total. The maximum atomic E-state index is 10.4. The molecular weight excluding hydrogens is 314 g/mol. The van der Waals surface area contributed by atoms with E-state index in [2.05, 4.69) is 6.92 Å². The zero-order chi connectivity index (χ0) is 7.98. The Hall–Kier alpha value is 0.132. The van der Waals surface area contributed by atoms with Crippen molar-refractivity contribution in [1.29, 1.82) is 0 Å². The second-order valence-electron chi connectivity index (χ2n) is 2.59. The largest absolute Gasteiger partial charge is 0.481 e. The minimum Gasteiger partial charge on any atom is -0.481 e. The van der Waals surface area contributed by atoms with Crippen LogP contribution in [0.15, 0.2) is 0 Å². The number of unbranched alkanes of at least 4 members (excludes halogenated alkanes) is 1. The summed E-state index contributed by atoms with van der Waals surface area (Å²) < 4.78 is 0. The third-order valence-electron chi connectivity index (χ3n) is 1.75. The van der Waals surface area contributed by atoms with E-state index in [9.17, 15) is 4.79 Å². The monoisotopic (exact) mass is 331 g/mol. The number of carboxylic acids is 1. The van der Waals surface area contributed by atoms with Gasteiger partial charge in [0.1, 0.15) is 0 Å². The van der Waals surface area contributed by atoms with Crippen molar-refractivity contribution in [2.24, 2.45) is 5.92 Å². The predicted molar refractivity (Wildman–Crippen MR) is 40.9 cm³/mol. The van der Waals surface area contributed by atoms with Crippen molar-refractivity contribution < 1.29 is 30.3 Å². The van der Waals surface area contributed by atoms with Gasteiger partial charge in [-0.15, -0.1) is 0 Å². The molecule has 67 valence electrons. The second kappa shape index (κ2) is 8.23. The van der Waals surface area contributed by atoms with Gasteiger partial charge >= 0.3 is 5.97 Å². The van der Waals surface area contributed by atoms with Gasteiger partial charge in [-0.05, 0) is 12.8 Å². The smallest absolute Gasteiger partial charge is 0.306 e. The molecule has 0 bridgehead atoms. The summed E-state index contributed by atoms with van der Waals surface area (Å²) in [5.41, 5.74) is 0. The van der Waals surface area contributed by atoms with E-state index in [-0.39, 0.29) is 26.3 Å². The average Bonchev–Trinajstić information content (AvgIpc) is 1.89. The van der Waals surface area contributed by atoms with Gasteiger partial charge in [-0.2, -0.15) is 0 Å². The van der Waals surface area contributed by atoms with Gasteiger partial charge in [-0.3, -0.25) is 4.79 Å². The molecule has 1 atom stereocenters. The molecule has 0 rings (SSSR count). The number of hydrogen-bond acceptors (Lipinski definition) is 1. The molecule has 0 aliphatic carbocycles. The summed E-state index contributed by atoms with van der Waals surface area (Å²) in [6.07, 6.45) is 3.71. The van der Waals surface area contributed by atoms with Crippen LogP contribution >= 0.6 is 0 Å². The van der Waals surface area contributed by atoms with E-state index < -0.39 is 5.97 Å². The Morgan fingerprint density at radius 3 is 2.27 bits per heavy atom. The summed E-state index contributed by atoms with van der Waals surface area (Å²) in [4.78, 5) is 10.4. The molecule has 0 spiro atoms. The van der Waals surface area contributed by atoms with E-state index in [1.165, 1.54) is 0 Å². The van der Waals surface area contributed by atoms with Crippen LogP contribution < -0.4 is 0 Å². The summed E-state index contributed by atoms with van der Waals surface area (Å²) in [5, 5.41) is 8.60. The zero-order valence-electron chi connectivity index (χ0n) is 7.14. The van der Waals surface area contributed by atoms with E-state index in [0.717, 1.165) is 25.7 Å². The van der Waals surface area contributed by atoms with Crippen LogP contribution in [-0.4, -0.2) is 11.1 Å². The molecule has 0 aliphatic heterocycles. The van der Waals surface area contributed by atoms with E-state index in [1.54, 1.807) is 0 Å².